The van der Waals surface area contributed by atoms with Gasteiger partial charge in [-0.25, -0.2) is 4.79 Å². The molecule has 0 radical (unpaired) electrons. The number of rotatable bonds is 6. The SMILES string of the molecule is CCCCNC(=O)Nc1nnc(CCC)s1. The molecule has 90 valence electrons. The summed E-state index contributed by atoms with van der Waals surface area (Å²) < 4.78 is 0. The molecule has 1 aromatic heterocycles. The molecule has 0 fully saturated rings. The normalized spacial score (nSPS) is 10.1. The Bertz CT molecular complexity index is 326. The third-order valence-corrected chi connectivity index (χ3v) is 2.87. The van der Waals surface area contributed by atoms with Crippen molar-refractivity contribution in [1.29, 1.82) is 0 Å². The van der Waals surface area contributed by atoms with Crippen molar-refractivity contribution in [3.05, 3.63) is 5.01 Å². The van der Waals surface area contributed by atoms with Crippen LogP contribution in [0.3, 0.4) is 0 Å². The molecule has 0 saturated carbocycles. The Balaban J connectivity index is 2.31. The van der Waals surface area contributed by atoms with Gasteiger partial charge in [-0.1, -0.05) is 31.6 Å². The number of aryl methyl sites for hydroxylation is 1. The van der Waals surface area contributed by atoms with Crippen LogP contribution in [0.15, 0.2) is 0 Å². The van der Waals surface area contributed by atoms with Crippen molar-refractivity contribution in [3.63, 3.8) is 0 Å². The average molecular weight is 242 g/mol. The molecule has 2 amide bonds. The Morgan fingerprint density at radius 1 is 1.31 bits per heavy atom. The lowest BCUT2D eigenvalue weighted by molar-refractivity contribution is 0.252. The topological polar surface area (TPSA) is 66.9 Å². The van der Waals surface area contributed by atoms with Crippen molar-refractivity contribution in [2.24, 2.45) is 0 Å². The quantitative estimate of drug-likeness (QED) is 0.753. The Morgan fingerprint density at radius 3 is 2.81 bits per heavy atom. The maximum atomic E-state index is 11.4. The Kier molecular flexibility index (Phi) is 5.77. The lowest BCUT2D eigenvalue weighted by Crippen LogP contribution is -2.29. The van der Waals surface area contributed by atoms with Gasteiger partial charge in [0.05, 0.1) is 0 Å². The van der Waals surface area contributed by atoms with Gasteiger partial charge in [-0.3, -0.25) is 5.32 Å². The first-order valence-electron chi connectivity index (χ1n) is 5.63. The first-order valence-corrected chi connectivity index (χ1v) is 6.45. The fourth-order valence-electron chi connectivity index (χ4n) is 1.14. The van der Waals surface area contributed by atoms with Crippen LogP contribution in [-0.4, -0.2) is 22.8 Å². The van der Waals surface area contributed by atoms with Gasteiger partial charge in [0.15, 0.2) is 0 Å². The largest absolute Gasteiger partial charge is 0.338 e. The number of anilines is 1. The molecular weight excluding hydrogens is 224 g/mol. The van der Waals surface area contributed by atoms with E-state index in [1.807, 2.05) is 0 Å². The lowest BCUT2D eigenvalue weighted by atomic mass is 10.3. The zero-order valence-corrected chi connectivity index (χ0v) is 10.6. The molecule has 16 heavy (non-hydrogen) atoms. The van der Waals surface area contributed by atoms with Crippen LogP contribution >= 0.6 is 11.3 Å². The van der Waals surface area contributed by atoms with Gasteiger partial charge in [-0.2, -0.15) is 0 Å². The molecule has 0 unspecified atom stereocenters. The molecule has 0 bridgehead atoms. The van der Waals surface area contributed by atoms with Gasteiger partial charge in [0.2, 0.25) is 5.13 Å². The number of nitrogens with zero attached hydrogens (tertiary/aromatic N) is 2. The first kappa shape index (κ1) is 12.9. The number of carbonyl (C=O) groups is 1. The highest BCUT2D eigenvalue weighted by atomic mass is 32.1. The molecule has 1 rings (SSSR count). The van der Waals surface area contributed by atoms with E-state index in [1.54, 1.807) is 0 Å². The number of amides is 2. The van der Waals surface area contributed by atoms with Crippen molar-refractivity contribution in [2.45, 2.75) is 39.5 Å². The monoisotopic (exact) mass is 242 g/mol. The number of nitrogens with one attached hydrogen (secondary N) is 2. The minimum atomic E-state index is -0.201. The minimum Gasteiger partial charge on any atom is -0.338 e. The third-order valence-electron chi connectivity index (χ3n) is 1.97. The van der Waals surface area contributed by atoms with E-state index in [2.05, 4.69) is 34.7 Å². The van der Waals surface area contributed by atoms with E-state index in [1.165, 1.54) is 11.3 Å². The minimum absolute atomic E-state index is 0.201. The van der Waals surface area contributed by atoms with Gasteiger partial charge >= 0.3 is 6.03 Å². The van der Waals surface area contributed by atoms with Crippen LogP contribution in [-0.2, 0) is 6.42 Å². The average Bonchev–Trinajstić information content (AvgIpc) is 2.66. The summed E-state index contributed by atoms with van der Waals surface area (Å²) in [6.07, 6.45) is 4.01. The summed E-state index contributed by atoms with van der Waals surface area (Å²) in [5.41, 5.74) is 0. The lowest BCUT2D eigenvalue weighted by Gasteiger charge is -2.02. The molecule has 5 nitrogen and oxygen atoms in total. The zero-order valence-electron chi connectivity index (χ0n) is 9.75. The van der Waals surface area contributed by atoms with E-state index in [9.17, 15) is 4.79 Å². The number of hydrogen-bond acceptors (Lipinski definition) is 4. The van der Waals surface area contributed by atoms with Crippen molar-refractivity contribution < 1.29 is 4.79 Å². The summed E-state index contributed by atoms with van der Waals surface area (Å²) >= 11 is 1.43. The van der Waals surface area contributed by atoms with E-state index in [4.69, 9.17) is 0 Å². The standard InChI is InChI=1S/C10H18N4OS/c1-3-5-7-11-9(15)12-10-14-13-8(16-10)6-4-2/h3-7H2,1-2H3,(H2,11,12,14,15). The predicted octanol–water partition coefficient (Wildman–Crippen LogP) is 2.41. The number of carbonyl (C=O) groups excluding carboxylic acids is 1. The fourth-order valence-corrected chi connectivity index (χ4v) is 1.98. The van der Waals surface area contributed by atoms with Crippen LogP contribution in [0.1, 0.15) is 38.1 Å². The van der Waals surface area contributed by atoms with Gasteiger partial charge in [0, 0.05) is 13.0 Å². The van der Waals surface area contributed by atoms with Crippen LogP contribution in [0, 0.1) is 0 Å². The summed E-state index contributed by atoms with van der Waals surface area (Å²) in [6.45, 7) is 4.87. The highest BCUT2D eigenvalue weighted by Gasteiger charge is 2.06. The van der Waals surface area contributed by atoms with Gasteiger partial charge < -0.3 is 5.32 Å². The molecular formula is C10H18N4OS. The van der Waals surface area contributed by atoms with Gasteiger partial charge in [-0.05, 0) is 12.8 Å². The van der Waals surface area contributed by atoms with Crippen LogP contribution in [0.4, 0.5) is 9.93 Å². The summed E-state index contributed by atoms with van der Waals surface area (Å²) in [5, 5.41) is 14.8. The molecule has 0 spiro atoms. The van der Waals surface area contributed by atoms with Crippen molar-refractivity contribution in [2.75, 3.05) is 11.9 Å². The number of aromatic nitrogens is 2. The highest BCUT2D eigenvalue weighted by Crippen LogP contribution is 2.15. The van der Waals surface area contributed by atoms with Crippen molar-refractivity contribution >= 4 is 22.5 Å². The molecule has 0 aromatic carbocycles. The van der Waals surface area contributed by atoms with E-state index in [-0.39, 0.29) is 6.03 Å². The summed E-state index contributed by atoms with van der Waals surface area (Å²) in [7, 11) is 0. The summed E-state index contributed by atoms with van der Waals surface area (Å²) in [6, 6.07) is -0.201. The molecule has 1 heterocycles. The number of unbranched alkanes of at least 4 members (excludes halogenated alkanes) is 1. The number of urea groups is 1. The zero-order chi connectivity index (χ0) is 11.8. The van der Waals surface area contributed by atoms with Crippen LogP contribution < -0.4 is 10.6 Å². The second-order valence-electron chi connectivity index (χ2n) is 3.49. The van der Waals surface area contributed by atoms with Crippen LogP contribution in [0.2, 0.25) is 0 Å². The molecule has 0 aliphatic heterocycles. The highest BCUT2D eigenvalue weighted by molar-refractivity contribution is 7.15. The fraction of sp³-hybridized carbons (Fsp3) is 0.700. The van der Waals surface area contributed by atoms with Crippen LogP contribution in [0.5, 0.6) is 0 Å². The Labute approximate surface area is 99.7 Å². The maximum Gasteiger partial charge on any atom is 0.321 e. The number of hydrogen-bond donors (Lipinski definition) is 2. The third kappa shape index (κ3) is 4.57. The molecule has 2 N–H and O–H groups in total. The van der Waals surface area contributed by atoms with Crippen molar-refractivity contribution in [3.8, 4) is 0 Å². The Morgan fingerprint density at radius 2 is 2.12 bits per heavy atom. The van der Waals surface area contributed by atoms with Gasteiger partial charge in [0.25, 0.3) is 0 Å². The van der Waals surface area contributed by atoms with E-state index < -0.39 is 0 Å². The smallest absolute Gasteiger partial charge is 0.321 e. The van der Waals surface area contributed by atoms with E-state index >= 15 is 0 Å². The first-order chi connectivity index (χ1) is 7.76. The van der Waals surface area contributed by atoms with E-state index in [0.717, 1.165) is 30.7 Å². The van der Waals surface area contributed by atoms with E-state index in [0.29, 0.717) is 11.7 Å². The van der Waals surface area contributed by atoms with Gasteiger partial charge in [-0.15, -0.1) is 10.2 Å². The molecule has 0 atom stereocenters. The molecule has 6 heteroatoms. The molecule has 0 aliphatic rings. The van der Waals surface area contributed by atoms with Crippen LogP contribution in [0.25, 0.3) is 0 Å². The van der Waals surface area contributed by atoms with Crippen molar-refractivity contribution in [1.82, 2.24) is 15.5 Å². The molecule has 0 aliphatic carbocycles. The second-order valence-corrected chi connectivity index (χ2v) is 4.55. The maximum absolute atomic E-state index is 11.4. The second kappa shape index (κ2) is 7.16. The Hall–Kier alpha value is -1.17. The molecule has 1 aromatic rings. The predicted molar refractivity (Wildman–Crippen MR) is 65.8 cm³/mol. The summed E-state index contributed by atoms with van der Waals surface area (Å²) in [5.74, 6) is 0. The molecule has 0 saturated heterocycles. The summed E-state index contributed by atoms with van der Waals surface area (Å²) in [4.78, 5) is 11.4. The van der Waals surface area contributed by atoms with Gasteiger partial charge in [0.1, 0.15) is 5.01 Å².